The number of carbonyl (C=O) groups is 1. The maximum Gasteiger partial charge on any atom is 0.224 e. The molecule has 0 saturated carbocycles. The average molecular weight is 242 g/mol. The van der Waals surface area contributed by atoms with Crippen molar-refractivity contribution in [2.24, 2.45) is 0 Å². The lowest BCUT2D eigenvalue weighted by atomic mass is 10.1. The van der Waals surface area contributed by atoms with Crippen LogP contribution in [0.25, 0.3) is 0 Å². The molecular formula is C13H26N2O2. The number of likely N-dealkylation sites (tertiary alicyclic amines) is 1. The van der Waals surface area contributed by atoms with E-state index in [-0.39, 0.29) is 12.5 Å². The third-order valence-corrected chi connectivity index (χ3v) is 3.28. The Bertz CT molecular complexity index is 231. The lowest BCUT2D eigenvalue weighted by Crippen LogP contribution is -2.37. The highest BCUT2D eigenvalue weighted by Crippen LogP contribution is 2.21. The Morgan fingerprint density at radius 3 is 2.94 bits per heavy atom. The monoisotopic (exact) mass is 242 g/mol. The summed E-state index contributed by atoms with van der Waals surface area (Å²) in [4.78, 5) is 14.0. The van der Waals surface area contributed by atoms with Crippen LogP contribution in [-0.4, -0.2) is 47.7 Å². The quantitative estimate of drug-likeness (QED) is 0.704. The van der Waals surface area contributed by atoms with Crippen molar-refractivity contribution in [2.75, 3.05) is 19.7 Å². The highest BCUT2D eigenvalue weighted by atomic mass is 16.3. The van der Waals surface area contributed by atoms with Crippen LogP contribution < -0.4 is 5.32 Å². The summed E-state index contributed by atoms with van der Waals surface area (Å²) in [5.41, 5.74) is 0. The topological polar surface area (TPSA) is 52.6 Å². The lowest BCUT2D eigenvalue weighted by Gasteiger charge is -2.25. The predicted molar refractivity (Wildman–Crippen MR) is 68.8 cm³/mol. The largest absolute Gasteiger partial charge is 0.396 e. The molecule has 1 atom stereocenters. The number of carbonyl (C=O) groups excluding carboxylic acids is 1. The van der Waals surface area contributed by atoms with E-state index >= 15 is 0 Å². The van der Waals surface area contributed by atoms with Crippen LogP contribution in [0.3, 0.4) is 0 Å². The van der Waals surface area contributed by atoms with Gasteiger partial charge in [0.1, 0.15) is 0 Å². The number of rotatable bonds is 7. The summed E-state index contributed by atoms with van der Waals surface area (Å²) < 4.78 is 0. The second-order valence-corrected chi connectivity index (χ2v) is 5.11. The first-order valence-electron chi connectivity index (χ1n) is 6.79. The van der Waals surface area contributed by atoms with Gasteiger partial charge in [0.05, 0.1) is 0 Å². The molecule has 0 aliphatic carbocycles. The van der Waals surface area contributed by atoms with Gasteiger partial charge < -0.3 is 15.3 Å². The standard InChI is InChI=1S/C13H26N2O2/c1-11(2)14-8-7-13(17)15-9-3-5-12(15)6-4-10-16/h11-12,14,16H,3-10H2,1-2H3. The zero-order valence-electron chi connectivity index (χ0n) is 11.1. The first-order chi connectivity index (χ1) is 8.15. The number of nitrogens with zero attached hydrogens (tertiary/aromatic N) is 1. The minimum absolute atomic E-state index is 0.230. The van der Waals surface area contributed by atoms with E-state index in [1.807, 2.05) is 4.90 Å². The maximum absolute atomic E-state index is 12.0. The molecule has 1 saturated heterocycles. The number of hydrogen-bond acceptors (Lipinski definition) is 3. The summed E-state index contributed by atoms with van der Waals surface area (Å²) in [6.07, 6.45) is 4.55. The molecule has 1 fully saturated rings. The Morgan fingerprint density at radius 1 is 1.53 bits per heavy atom. The van der Waals surface area contributed by atoms with Crippen molar-refractivity contribution in [1.82, 2.24) is 10.2 Å². The Morgan fingerprint density at radius 2 is 2.29 bits per heavy atom. The molecule has 0 spiro atoms. The van der Waals surface area contributed by atoms with Crippen LogP contribution in [-0.2, 0) is 4.79 Å². The van der Waals surface area contributed by atoms with Crippen molar-refractivity contribution in [1.29, 1.82) is 0 Å². The zero-order chi connectivity index (χ0) is 12.7. The van der Waals surface area contributed by atoms with E-state index in [9.17, 15) is 4.79 Å². The van der Waals surface area contributed by atoms with Gasteiger partial charge in [0.15, 0.2) is 0 Å². The Kier molecular flexibility index (Phi) is 6.52. The molecule has 0 aromatic heterocycles. The molecule has 4 nitrogen and oxygen atoms in total. The highest BCUT2D eigenvalue weighted by Gasteiger charge is 2.27. The van der Waals surface area contributed by atoms with Gasteiger partial charge in [-0.05, 0) is 25.7 Å². The summed E-state index contributed by atoms with van der Waals surface area (Å²) in [5.74, 6) is 0.263. The predicted octanol–water partition coefficient (Wildman–Crippen LogP) is 1.14. The number of nitrogens with one attached hydrogen (secondary N) is 1. The van der Waals surface area contributed by atoms with Gasteiger partial charge in [-0.1, -0.05) is 13.8 Å². The molecule has 100 valence electrons. The van der Waals surface area contributed by atoms with Crippen LogP contribution in [0.1, 0.15) is 46.0 Å². The second-order valence-electron chi connectivity index (χ2n) is 5.11. The molecule has 2 N–H and O–H groups in total. The zero-order valence-corrected chi connectivity index (χ0v) is 11.1. The van der Waals surface area contributed by atoms with E-state index in [1.165, 1.54) is 0 Å². The van der Waals surface area contributed by atoms with Crippen molar-refractivity contribution in [2.45, 2.75) is 58.0 Å². The summed E-state index contributed by atoms with van der Waals surface area (Å²) in [5, 5.41) is 12.1. The first-order valence-corrected chi connectivity index (χ1v) is 6.79. The molecule has 0 aromatic carbocycles. The second kappa shape index (κ2) is 7.67. The molecule has 1 aliphatic heterocycles. The van der Waals surface area contributed by atoms with Crippen molar-refractivity contribution in [3.63, 3.8) is 0 Å². The van der Waals surface area contributed by atoms with Crippen molar-refractivity contribution in [3.05, 3.63) is 0 Å². The van der Waals surface area contributed by atoms with Gasteiger partial charge in [0.25, 0.3) is 0 Å². The Hall–Kier alpha value is -0.610. The summed E-state index contributed by atoms with van der Waals surface area (Å²) in [6.45, 7) is 6.07. The molecule has 0 aromatic rings. The first kappa shape index (κ1) is 14.5. The summed E-state index contributed by atoms with van der Waals surface area (Å²) >= 11 is 0. The van der Waals surface area contributed by atoms with Crippen LogP contribution in [0.15, 0.2) is 0 Å². The number of amides is 1. The molecule has 1 rings (SSSR count). The minimum atomic E-state index is 0.230. The number of hydrogen-bond donors (Lipinski definition) is 2. The van der Waals surface area contributed by atoms with Gasteiger partial charge >= 0.3 is 0 Å². The van der Waals surface area contributed by atoms with Gasteiger partial charge in [0, 0.05) is 38.2 Å². The van der Waals surface area contributed by atoms with Crippen molar-refractivity contribution < 1.29 is 9.90 Å². The fraction of sp³-hybridized carbons (Fsp3) is 0.923. The Labute approximate surface area is 104 Å². The molecule has 17 heavy (non-hydrogen) atoms. The van der Waals surface area contributed by atoms with Crippen LogP contribution >= 0.6 is 0 Å². The SMILES string of the molecule is CC(C)NCCC(=O)N1CCCC1CCCO. The lowest BCUT2D eigenvalue weighted by molar-refractivity contribution is -0.132. The van der Waals surface area contributed by atoms with Gasteiger partial charge in [0.2, 0.25) is 5.91 Å². The van der Waals surface area contributed by atoms with Crippen LogP contribution in [0.2, 0.25) is 0 Å². The van der Waals surface area contributed by atoms with Crippen LogP contribution in [0.4, 0.5) is 0 Å². The minimum Gasteiger partial charge on any atom is -0.396 e. The average Bonchev–Trinajstić information content (AvgIpc) is 2.73. The normalized spacial score (nSPS) is 20.2. The highest BCUT2D eigenvalue weighted by molar-refractivity contribution is 5.77. The Balaban J connectivity index is 2.28. The van der Waals surface area contributed by atoms with Crippen LogP contribution in [0, 0.1) is 0 Å². The van der Waals surface area contributed by atoms with E-state index in [2.05, 4.69) is 19.2 Å². The van der Waals surface area contributed by atoms with E-state index in [0.717, 1.165) is 38.8 Å². The summed E-state index contributed by atoms with van der Waals surface area (Å²) in [7, 11) is 0. The third-order valence-electron chi connectivity index (χ3n) is 3.28. The fourth-order valence-electron chi connectivity index (χ4n) is 2.40. The molecule has 0 radical (unpaired) electrons. The third kappa shape index (κ3) is 5.04. The van der Waals surface area contributed by atoms with E-state index in [4.69, 9.17) is 5.11 Å². The van der Waals surface area contributed by atoms with Gasteiger partial charge in [-0.25, -0.2) is 0 Å². The van der Waals surface area contributed by atoms with E-state index in [1.54, 1.807) is 0 Å². The van der Waals surface area contributed by atoms with Crippen molar-refractivity contribution >= 4 is 5.91 Å². The van der Waals surface area contributed by atoms with Gasteiger partial charge in [-0.3, -0.25) is 4.79 Å². The van der Waals surface area contributed by atoms with Crippen LogP contribution in [0.5, 0.6) is 0 Å². The molecular weight excluding hydrogens is 216 g/mol. The molecule has 0 bridgehead atoms. The number of aliphatic hydroxyl groups excluding tert-OH is 1. The molecule has 1 aliphatic rings. The van der Waals surface area contributed by atoms with Gasteiger partial charge in [-0.15, -0.1) is 0 Å². The maximum atomic E-state index is 12.0. The van der Waals surface area contributed by atoms with Gasteiger partial charge in [-0.2, -0.15) is 0 Å². The molecule has 1 unspecified atom stereocenters. The number of aliphatic hydroxyl groups is 1. The smallest absolute Gasteiger partial charge is 0.224 e. The van der Waals surface area contributed by atoms with E-state index in [0.29, 0.717) is 18.5 Å². The molecule has 1 heterocycles. The summed E-state index contributed by atoms with van der Waals surface area (Å²) in [6, 6.07) is 0.806. The molecule has 1 amide bonds. The van der Waals surface area contributed by atoms with E-state index < -0.39 is 0 Å². The molecule has 4 heteroatoms. The van der Waals surface area contributed by atoms with Crippen molar-refractivity contribution in [3.8, 4) is 0 Å². The fourth-order valence-corrected chi connectivity index (χ4v) is 2.40.